The maximum atomic E-state index is 5.64. The molecule has 0 saturated carbocycles. The van der Waals surface area contributed by atoms with Crippen molar-refractivity contribution in [3.05, 3.63) is 54.1 Å². The minimum atomic E-state index is 0.605. The summed E-state index contributed by atoms with van der Waals surface area (Å²) in [6.07, 6.45) is 0.896. The van der Waals surface area contributed by atoms with Crippen molar-refractivity contribution in [3.8, 4) is 5.75 Å². The molecule has 0 spiro atoms. The van der Waals surface area contributed by atoms with Gasteiger partial charge in [-0.2, -0.15) is 0 Å². The van der Waals surface area contributed by atoms with Crippen molar-refractivity contribution in [2.24, 2.45) is 0 Å². The van der Waals surface area contributed by atoms with Gasteiger partial charge in [-0.3, -0.25) is 0 Å². The fourth-order valence-electron chi connectivity index (χ4n) is 1.85. The van der Waals surface area contributed by atoms with E-state index in [0.717, 1.165) is 30.1 Å². The molecule has 4 N–H and O–H groups in total. The molecule has 2 aromatic rings. The van der Waals surface area contributed by atoms with Gasteiger partial charge >= 0.3 is 0 Å². The number of rotatable bonds is 5. The van der Waals surface area contributed by atoms with Crippen LogP contribution in [0.5, 0.6) is 5.75 Å². The van der Waals surface area contributed by atoms with E-state index in [9.17, 15) is 0 Å². The molecule has 0 radical (unpaired) electrons. The van der Waals surface area contributed by atoms with Gasteiger partial charge in [-0.1, -0.05) is 12.1 Å². The van der Waals surface area contributed by atoms with Gasteiger partial charge in [0.15, 0.2) is 5.11 Å². The maximum Gasteiger partial charge on any atom is 0.170 e. The molecule has 0 aliphatic rings. The van der Waals surface area contributed by atoms with Crippen LogP contribution in [0.3, 0.4) is 0 Å². The number of ether oxygens (including phenoxy) is 1. The van der Waals surface area contributed by atoms with Crippen molar-refractivity contribution in [2.45, 2.75) is 6.42 Å². The minimum absolute atomic E-state index is 0.605. The summed E-state index contributed by atoms with van der Waals surface area (Å²) in [6.45, 7) is 0.771. The number of hydrogen-bond donors (Lipinski definition) is 3. The van der Waals surface area contributed by atoms with Crippen molar-refractivity contribution in [3.63, 3.8) is 0 Å². The number of thiocarbonyl (C=S) groups is 1. The molecule has 0 amide bonds. The van der Waals surface area contributed by atoms with E-state index in [0.29, 0.717) is 5.11 Å². The Hall–Kier alpha value is -2.27. The molecule has 2 aromatic carbocycles. The summed E-state index contributed by atoms with van der Waals surface area (Å²) >= 11 is 5.25. The molecule has 2 rings (SSSR count). The van der Waals surface area contributed by atoms with E-state index in [1.165, 1.54) is 5.56 Å². The van der Waals surface area contributed by atoms with Crippen LogP contribution in [-0.4, -0.2) is 18.8 Å². The Morgan fingerprint density at radius 1 is 1.10 bits per heavy atom. The van der Waals surface area contributed by atoms with Crippen LogP contribution in [0.2, 0.25) is 0 Å². The van der Waals surface area contributed by atoms with E-state index in [-0.39, 0.29) is 0 Å². The molecule has 5 heteroatoms. The van der Waals surface area contributed by atoms with E-state index in [1.54, 1.807) is 7.11 Å². The second-order valence-electron chi connectivity index (χ2n) is 4.60. The molecular formula is C16H19N3OS. The maximum absolute atomic E-state index is 5.64. The fraction of sp³-hybridized carbons (Fsp3) is 0.188. The fourth-order valence-corrected chi connectivity index (χ4v) is 2.07. The summed E-state index contributed by atoms with van der Waals surface area (Å²) in [5.41, 5.74) is 8.53. The second-order valence-corrected chi connectivity index (χ2v) is 5.01. The SMILES string of the molecule is COc1ccc(CCNC(=S)Nc2ccc(N)cc2)cc1. The van der Waals surface area contributed by atoms with Crippen LogP contribution in [0.25, 0.3) is 0 Å². The lowest BCUT2D eigenvalue weighted by Gasteiger charge is -2.11. The van der Waals surface area contributed by atoms with Crippen molar-refractivity contribution in [1.29, 1.82) is 0 Å². The van der Waals surface area contributed by atoms with Gasteiger partial charge in [-0.15, -0.1) is 0 Å². The highest BCUT2D eigenvalue weighted by Crippen LogP contribution is 2.12. The summed E-state index contributed by atoms with van der Waals surface area (Å²) in [5.74, 6) is 0.868. The Kier molecular flexibility index (Phi) is 5.40. The largest absolute Gasteiger partial charge is 0.497 e. The topological polar surface area (TPSA) is 59.3 Å². The number of nitrogens with two attached hydrogens (primary N) is 1. The van der Waals surface area contributed by atoms with E-state index >= 15 is 0 Å². The van der Waals surface area contributed by atoms with Crippen LogP contribution < -0.4 is 21.1 Å². The lowest BCUT2D eigenvalue weighted by molar-refractivity contribution is 0.414. The van der Waals surface area contributed by atoms with E-state index in [4.69, 9.17) is 22.7 Å². The first-order valence-corrected chi connectivity index (χ1v) is 7.11. The molecule has 21 heavy (non-hydrogen) atoms. The summed E-state index contributed by atoms with van der Waals surface area (Å²) in [5, 5.41) is 6.90. The molecule has 0 aliphatic heterocycles. The zero-order valence-corrected chi connectivity index (χ0v) is 12.7. The van der Waals surface area contributed by atoms with E-state index in [1.807, 2.05) is 36.4 Å². The third-order valence-corrected chi connectivity index (χ3v) is 3.27. The molecule has 0 aromatic heterocycles. The van der Waals surface area contributed by atoms with Gasteiger partial charge in [-0.05, 0) is 60.6 Å². The van der Waals surface area contributed by atoms with Crippen LogP contribution >= 0.6 is 12.2 Å². The highest BCUT2D eigenvalue weighted by Gasteiger charge is 1.98. The zero-order valence-electron chi connectivity index (χ0n) is 11.9. The first kappa shape index (κ1) is 15.1. The van der Waals surface area contributed by atoms with Crippen molar-refractivity contribution in [1.82, 2.24) is 5.32 Å². The molecule has 0 heterocycles. The quantitative estimate of drug-likeness (QED) is 0.585. The van der Waals surface area contributed by atoms with Crippen LogP contribution in [0.4, 0.5) is 11.4 Å². The third kappa shape index (κ3) is 4.96. The Balaban J connectivity index is 1.74. The van der Waals surface area contributed by atoms with Gasteiger partial charge in [-0.25, -0.2) is 0 Å². The number of methoxy groups -OCH3 is 1. The van der Waals surface area contributed by atoms with Crippen molar-refractivity contribution in [2.75, 3.05) is 24.7 Å². The average Bonchev–Trinajstić information content (AvgIpc) is 2.50. The molecule has 0 bridgehead atoms. The lowest BCUT2D eigenvalue weighted by Crippen LogP contribution is -2.30. The van der Waals surface area contributed by atoms with Gasteiger partial charge in [0.1, 0.15) is 5.75 Å². The number of benzene rings is 2. The average molecular weight is 301 g/mol. The normalized spacial score (nSPS) is 9.95. The number of nitrogen functional groups attached to an aromatic ring is 1. The van der Waals surface area contributed by atoms with Crippen LogP contribution in [0, 0.1) is 0 Å². The van der Waals surface area contributed by atoms with E-state index in [2.05, 4.69) is 22.8 Å². The Bertz CT molecular complexity index is 581. The summed E-state index contributed by atoms with van der Waals surface area (Å²) in [7, 11) is 1.66. The second kappa shape index (κ2) is 7.50. The van der Waals surface area contributed by atoms with E-state index < -0.39 is 0 Å². The van der Waals surface area contributed by atoms with Crippen LogP contribution in [0.1, 0.15) is 5.56 Å². The molecule has 0 atom stereocenters. The van der Waals surface area contributed by atoms with Gasteiger partial charge in [0, 0.05) is 17.9 Å². The monoisotopic (exact) mass is 301 g/mol. The summed E-state index contributed by atoms with van der Waals surface area (Å²) in [4.78, 5) is 0. The zero-order chi connectivity index (χ0) is 15.1. The standard InChI is InChI=1S/C16H19N3OS/c1-20-15-8-2-12(3-9-15)10-11-18-16(21)19-14-6-4-13(17)5-7-14/h2-9H,10-11,17H2,1H3,(H2,18,19,21). The third-order valence-electron chi connectivity index (χ3n) is 3.03. The van der Waals surface area contributed by atoms with Gasteiger partial charge in [0.25, 0.3) is 0 Å². The molecule has 0 unspecified atom stereocenters. The Morgan fingerprint density at radius 2 is 1.76 bits per heavy atom. The highest BCUT2D eigenvalue weighted by molar-refractivity contribution is 7.80. The van der Waals surface area contributed by atoms with Crippen LogP contribution in [0.15, 0.2) is 48.5 Å². The molecular weight excluding hydrogens is 282 g/mol. The number of nitrogens with one attached hydrogen (secondary N) is 2. The molecule has 0 fully saturated rings. The summed E-state index contributed by atoms with van der Waals surface area (Å²) < 4.78 is 5.13. The lowest BCUT2D eigenvalue weighted by atomic mass is 10.1. The Labute approximate surface area is 130 Å². The summed E-state index contributed by atoms with van der Waals surface area (Å²) in [6, 6.07) is 15.5. The number of hydrogen-bond acceptors (Lipinski definition) is 3. The van der Waals surface area contributed by atoms with Crippen LogP contribution in [-0.2, 0) is 6.42 Å². The van der Waals surface area contributed by atoms with Crippen molar-refractivity contribution >= 4 is 28.7 Å². The first-order valence-electron chi connectivity index (χ1n) is 6.71. The smallest absolute Gasteiger partial charge is 0.170 e. The molecule has 110 valence electrons. The predicted molar refractivity (Wildman–Crippen MR) is 91.8 cm³/mol. The predicted octanol–water partition coefficient (Wildman–Crippen LogP) is 2.81. The highest BCUT2D eigenvalue weighted by atomic mass is 32.1. The first-order chi connectivity index (χ1) is 10.2. The van der Waals surface area contributed by atoms with Gasteiger partial charge in [0.05, 0.1) is 7.11 Å². The van der Waals surface area contributed by atoms with Gasteiger partial charge in [0.2, 0.25) is 0 Å². The Morgan fingerprint density at radius 3 is 2.38 bits per heavy atom. The minimum Gasteiger partial charge on any atom is -0.497 e. The van der Waals surface area contributed by atoms with Gasteiger partial charge < -0.3 is 21.1 Å². The molecule has 0 aliphatic carbocycles. The molecule has 4 nitrogen and oxygen atoms in total. The molecule has 0 saturated heterocycles. The number of anilines is 2. The van der Waals surface area contributed by atoms with Crippen molar-refractivity contribution < 1.29 is 4.74 Å².